The Morgan fingerprint density at radius 3 is 2.83 bits per heavy atom. The van der Waals surface area contributed by atoms with Crippen LogP contribution in [-0.2, 0) is 9.59 Å². The first-order valence-corrected chi connectivity index (χ1v) is 8.16. The summed E-state index contributed by atoms with van der Waals surface area (Å²) in [6.45, 7) is 1.46. The number of aromatic nitrogens is 1. The highest BCUT2D eigenvalue weighted by Crippen LogP contribution is 2.29. The normalized spacial score (nSPS) is 18.8. The van der Waals surface area contributed by atoms with Gasteiger partial charge in [0.05, 0.1) is 5.01 Å². The first kappa shape index (κ1) is 17.7. The third kappa shape index (κ3) is 5.49. The number of nitrogens with zero attached hydrogens (tertiary/aromatic N) is 2. The van der Waals surface area contributed by atoms with Gasteiger partial charge in [-0.3, -0.25) is 9.59 Å². The number of carbonyl (C=O) groups excluding carboxylic acids is 2. The molecule has 1 atom stereocenters. The predicted octanol–water partition coefficient (Wildman–Crippen LogP) is 2.23. The first-order chi connectivity index (χ1) is 10.7. The van der Waals surface area contributed by atoms with Crippen molar-refractivity contribution in [2.24, 2.45) is 0 Å². The van der Waals surface area contributed by atoms with Crippen LogP contribution in [0, 0.1) is 6.92 Å². The van der Waals surface area contributed by atoms with Crippen molar-refractivity contribution in [2.45, 2.75) is 38.3 Å². The van der Waals surface area contributed by atoms with Crippen molar-refractivity contribution < 1.29 is 22.8 Å². The molecule has 1 aliphatic heterocycles. The van der Waals surface area contributed by atoms with E-state index in [0.29, 0.717) is 13.1 Å². The first-order valence-electron chi connectivity index (χ1n) is 7.28. The van der Waals surface area contributed by atoms with Crippen LogP contribution in [0.5, 0.6) is 0 Å². The lowest BCUT2D eigenvalue weighted by Gasteiger charge is -2.31. The van der Waals surface area contributed by atoms with E-state index < -0.39 is 31.0 Å². The standard InChI is InChI=1S/C14H18F3N3O2S/c1-9-7-23-13(19-9)10-3-2-4-20(6-10)12(22)5-11(21)18-8-14(15,16)17/h7,10H,2-6,8H2,1H3,(H,18,21)/t10-/m0/s1. The third-order valence-electron chi connectivity index (χ3n) is 3.56. The molecule has 1 fully saturated rings. The zero-order chi connectivity index (χ0) is 17.0. The average molecular weight is 349 g/mol. The Kier molecular flexibility index (Phi) is 5.61. The number of nitrogens with one attached hydrogen (secondary N) is 1. The second-order valence-corrected chi connectivity index (χ2v) is 6.46. The molecule has 1 saturated heterocycles. The van der Waals surface area contributed by atoms with Crippen LogP contribution >= 0.6 is 11.3 Å². The van der Waals surface area contributed by atoms with Crippen LogP contribution in [-0.4, -0.2) is 47.5 Å². The summed E-state index contributed by atoms with van der Waals surface area (Å²) in [5, 5.41) is 4.62. The second-order valence-electron chi connectivity index (χ2n) is 5.57. The molecule has 0 unspecified atom stereocenters. The fraction of sp³-hybridized carbons (Fsp3) is 0.643. The number of likely N-dealkylation sites (tertiary alicyclic amines) is 1. The topological polar surface area (TPSA) is 62.3 Å². The Morgan fingerprint density at radius 1 is 1.48 bits per heavy atom. The van der Waals surface area contributed by atoms with E-state index in [0.717, 1.165) is 23.5 Å². The fourth-order valence-corrected chi connectivity index (χ4v) is 3.40. The molecule has 1 N–H and O–H groups in total. The summed E-state index contributed by atoms with van der Waals surface area (Å²) in [6, 6.07) is 0. The van der Waals surface area contributed by atoms with Crippen LogP contribution in [0.15, 0.2) is 5.38 Å². The largest absolute Gasteiger partial charge is 0.405 e. The summed E-state index contributed by atoms with van der Waals surface area (Å²) in [5.74, 6) is -1.22. The molecule has 0 bridgehead atoms. The maximum Gasteiger partial charge on any atom is 0.405 e. The van der Waals surface area contributed by atoms with Gasteiger partial charge < -0.3 is 10.2 Å². The second kappa shape index (κ2) is 7.29. The van der Waals surface area contributed by atoms with E-state index in [9.17, 15) is 22.8 Å². The molecule has 5 nitrogen and oxygen atoms in total. The lowest BCUT2D eigenvalue weighted by Crippen LogP contribution is -2.42. The summed E-state index contributed by atoms with van der Waals surface area (Å²) in [4.78, 5) is 29.5. The number of aryl methyl sites for hydroxylation is 1. The van der Waals surface area contributed by atoms with Crippen molar-refractivity contribution in [3.8, 4) is 0 Å². The van der Waals surface area contributed by atoms with E-state index in [1.807, 2.05) is 12.3 Å². The highest BCUT2D eigenvalue weighted by molar-refractivity contribution is 7.09. The van der Waals surface area contributed by atoms with Gasteiger partial charge in [-0.25, -0.2) is 4.98 Å². The molecular formula is C14H18F3N3O2S. The van der Waals surface area contributed by atoms with Gasteiger partial charge in [-0.1, -0.05) is 0 Å². The Morgan fingerprint density at radius 2 is 2.22 bits per heavy atom. The molecule has 128 valence electrons. The molecule has 1 aliphatic rings. The van der Waals surface area contributed by atoms with Gasteiger partial charge in [0.25, 0.3) is 0 Å². The van der Waals surface area contributed by atoms with Gasteiger partial charge in [0.1, 0.15) is 13.0 Å². The number of amides is 2. The smallest absolute Gasteiger partial charge is 0.347 e. The minimum Gasteiger partial charge on any atom is -0.347 e. The molecule has 0 aromatic carbocycles. The van der Waals surface area contributed by atoms with E-state index in [-0.39, 0.29) is 5.92 Å². The van der Waals surface area contributed by atoms with Crippen molar-refractivity contribution >= 4 is 23.2 Å². The highest BCUT2D eigenvalue weighted by atomic mass is 32.1. The van der Waals surface area contributed by atoms with Gasteiger partial charge in [0.15, 0.2) is 0 Å². The number of rotatable bonds is 4. The monoisotopic (exact) mass is 349 g/mol. The number of hydrogen-bond donors (Lipinski definition) is 1. The van der Waals surface area contributed by atoms with Gasteiger partial charge in [-0.05, 0) is 19.8 Å². The quantitative estimate of drug-likeness (QED) is 0.848. The van der Waals surface area contributed by atoms with Crippen molar-refractivity contribution in [2.75, 3.05) is 19.6 Å². The van der Waals surface area contributed by atoms with Crippen LogP contribution in [0.3, 0.4) is 0 Å². The summed E-state index contributed by atoms with van der Waals surface area (Å²) < 4.78 is 36.1. The molecule has 2 heterocycles. The van der Waals surface area contributed by atoms with Gasteiger partial charge in [-0.15, -0.1) is 11.3 Å². The Bertz CT molecular complexity index is 574. The average Bonchev–Trinajstić information content (AvgIpc) is 2.91. The van der Waals surface area contributed by atoms with Crippen molar-refractivity contribution in [1.29, 1.82) is 0 Å². The number of hydrogen-bond acceptors (Lipinski definition) is 4. The van der Waals surface area contributed by atoms with Gasteiger partial charge >= 0.3 is 6.18 Å². The molecule has 0 saturated carbocycles. The Hall–Kier alpha value is -1.64. The predicted molar refractivity (Wildman–Crippen MR) is 79.1 cm³/mol. The van der Waals surface area contributed by atoms with Gasteiger partial charge in [0, 0.05) is 30.1 Å². The third-order valence-corrected chi connectivity index (χ3v) is 4.68. The van der Waals surface area contributed by atoms with E-state index in [1.165, 1.54) is 4.90 Å². The van der Waals surface area contributed by atoms with Crippen LogP contribution in [0.2, 0.25) is 0 Å². The van der Waals surface area contributed by atoms with Crippen LogP contribution in [0.1, 0.15) is 35.9 Å². The minimum absolute atomic E-state index is 0.129. The number of halogens is 3. The summed E-state index contributed by atoms with van der Waals surface area (Å²) in [5.41, 5.74) is 0.931. The molecule has 23 heavy (non-hydrogen) atoms. The number of carbonyl (C=O) groups is 2. The number of piperidine rings is 1. The van der Waals surface area contributed by atoms with Gasteiger partial charge in [-0.2, -0.15) is 13.2 Å². The fourth-order valence-electron chi connectivity index (χ4n) is 2.48. The zero-order valence-electron chi connectivity index (χ0n) is 12.7. The number of alkyl halides is 3. The van der Waals surface area contributed by atoms with Crippen molar-refractivity contribution in [3.63, 3.8) is 0 Å². The van der Waals surface area contributed by atoms with E-state index in [2.05, 4.69) is 4.98 Å². The zero-order valence-corrected chi connectivity index (χ0v) is 13.5. The lowest BCUT2D eigenvalue weighted by atomic mass is 9.98. The molecule has 2 rings (SSSR count). The minimum atomic E-state index is -4.47. The molecule has 9 heteroatoms. The molecule has 0 aliphatic carbocycles. The molecule has 1 aromatic rings. The maximum absolute atomic E-state index is 12.1. The van der Waals surface area contributed by atoms with Crippen LogP contribution in [0.4, 0.5) is 13.2 Å². The van der Waals surface area contributed by atoms with Gasteiger partial charge in [0.2, 0.25) is 11.8 Å². The Balaban J connectivity index is 1.85. The Labute approximate surface area is 135 Å². The molecule has 0 radical (unpaired) electrons. The molecule has 2 amide bonds. The maximum atomic E-state index is 12.1. The molecular weight excluding hydrogens is 331 g/mol. The molecule has 1 aromatic heterocycles. The van der Waals surface area contributed by atoms with Crippen molar-refractivity contribution in [1.82, 2.24) is 15.2 Å². The highest BCUT2D eigenvalue weighted by Gasteiger charge is 2.30. The SMILES string of the molecule is Cc1csc([C@H]2CCCN(C(=O)CC(=O)NCC(F)(F)F)C2)n1. The van der Waals surface area contributed by atoms with E-state index in [4.69, 9.17) is 0 Å². The summed E-state index contributed by atoms with van der Waals surface area (Å²) in [7, 11) is 0. The van der Waals surface area contributed by atoms with E-state index >= 15 is 0 Å². The summed E-state index contributed by atoms with van der Waals surface area (Å²) in [6.07, 6.45) is -3.33. The summed E-state index contributed by atoms with van der Waals surface area (Å²) >= 11 is 1.54. The van der Waals surface area contributed by atoms with Crippen molar-refractivity contribution in [3.05, 3.63) is 16.1 Å². The van der Waals surface area contributed by atoms with Crippen LogP contribution in [0.25, 0.3) is 0 Å². The lowest BCUT2D eigenvalue weighted by molar-refractivity contribution is -0.143. The van der Waals surface area contributed by atoms with E-state index in [1.54, 1.807) is 16.7 Å². The van der Waals surface area contributed by atoms with Crippen LogP contribution < -0.4 is 5.32 Å². The molecule has 0 spiro atoms. The number of thiazole rings is 1.